The third-order valence-electron chi connectivity index (χ3n) is 2.82. The highest BCUT2D eigenvalue weighted by atomic mass is 35.5. The van der Waals surface area contributed by atoms with Crippen LogP contribution in [-0.2, 0) is 6.54 Å². The highest BCUT2D eigenvalue weighted by Gasteiger charge is 2.07. The Morgan fingerprint density at radius 1 is 1.26 bits per heavy atom. The molecule has 0 fully saturated rings. The number of rotatable bonds is 3. The molecule has 0 aliphatic carbocycles. The van der Waals surface area contributed by atoms with Crippen LogP contribution in [0.3, 0.4) is 0 Å². The number of hydrogen-bond acceptors (Lipinski definition) is 3. The third kappa shape index (κ3) is 2.64. The Labute approximate surface area is 120 Å². The van der Waals surface area contributed by atoms with Crippen molar-refractivity contribution in [1.29, 1.82) is 0 Å². The molecule has 0 radical (unpaired) electrons. The zero-order valence-corrected chi connectivity index (χ0v) is 11.7. The molecule has 1 aromatic carbocycles. The van der Waals surface area contributed by atoms with Gasteiger partial charge in [0.05, 0.1) is 10.9 Å². The van der Waals surface area contributed by atoms with Crippen LogP contribution in [0.2, 0.25) is 4.34 Å². The molecule has 0 spiro atoms. The summed E-state index contributed by atoms with van der Waals surface area (Å²) in [7, 11) is 0. The van der Waals surface area contributed by atoms with Crippen molar-refractivity contribution in [2.45, 2.75) is 6.54 Å². The van der Waals surface area contributed by atoms with Crippen molar-refractivity contribution in [3.05, 3.63) is 58.0 Å². The molecule has 0 aliphatic rings. The molecule has 3 rings (SSSR count). The molecule has 0 saturated heterocycles. The quantitative estimate of drug-likeness (QED) is 0.743. The molecule has 5 heteroatoms. The fraction of sp³-hybridized carbons (Fsp3) is 0.0714. The summed E-state index contributed by atoms with van der Waals surface area (Å²) in [5.41, 5.74) is 7.58. The largest absolute Gasteiger partial charge is 0.399 e. The lowest BCUT2D eigenvalue weighted by Crippen LogP contribution is -1.99. The Bertz CT molecular complexity index is 702. The van der Waals surface area contributed by atoms with Crippen LogP contribution in [0.1, 0.15) is 4.88 Å². The van der Waals surface area contributed by atoms with Gasteiger partial charge < -0.3 is 10.3 Å². The number of nitrogens with two attached hydrogens (primary N) is 1. The van der Waals surface area contributed by atoms with Crippen molar-refractivity contribution in [2.24, 2.45) is 0 Å². The molecular formula is C14H12ClN3S. The molecule has 2 heterocycles. The van der Waals surface area contributed by atoms with Crippen molar-refractivity contribution >= 4 is 28.6 Å². The van der Waals surface area contributed by atoms with Gasteiger partial charge in [-0.15, -0.1) is 11.3 Å². The van der Waals surface area contributed by atoms with Gasteiger partial charge in [0.2, 0.25) is 0 Å². The molecular weight excluding hydrogens is 278 g/mol. The number of imidazole rings is 1. The van der Waals surface area contributed by atoms with E-state index in [0.717, 1.165) is 28.0 Å². The molecule has 0 amide bonds. The molecule has 0 saturated carbocycles. The summed E-state index contributed by atoms with van der Waals surface area (Å²) in [4.78, 5) is 5.61. The van der Waals surface area contributed by atoms with E-state index in [9.17, 15) is 0 Å². The minimum atomic E-state index is 0.742. The minimum Gasteiger partial charge on any atom is -0.399 e. The van der Waals surface area contributed by atoms with Crippen LogP contribution in [-0.4, -0.2) is 9.55 Å². The Hall–Kier alpha value is -1.78. The van der Waals surface area contributed by atoms with E-state index in [4.69, 9.17) is 17.3 Å². The van der Waals surface area contributed by atoms with Crippen molar-refractivity contribution < 1.29 is 0 Å². The Kier molecular flexibility index (Phi) is 3.27. The van der Waals surface area contributed by atoms with Crippen LogP contribution in [0, 0.1) is 0 Å². The van der Waals surface area contributed by atoms with E-state index in [2.05, 4.69) is 9.55 Å². The van der Waals surface area contributed by atoms with E-state index < -0.39 is 0 Å². The first-order chi connectivity index (χ1) is 9.22. The summed E-state index contributed by atoms with van der Waals surface area (Å²) in [5, 5.41) is 0. The number of anilines is 1. The highest BCUT2D eigenvalue weighted by Crippen LogP contribution is 2.25. The van der Waals surface area contributed by atoms with Crippen LogP contribution in [0.15, 0.2) is 48.8 Å². The predicted molar refractivity (Wildman–Crippen MR) is 80.5 cm³/mol. The first-order valence-electron chi connectivity index (χ1n) is 5.83. The SMILES string of the molecule is Nc1cccc(-c2nccn2Cc2ccc(Cl)s2)c1. The van der Waals surface area contributed by atoms with E-state index in [1.807, 2.05) is 42.6 Å². The number of hydrogen-bond donors (Lipinski definition) is 1. The predicted octanol–water partition coefficient (Wildman–Crippen LogP) is 3.90. The van der Waals surface area contributed by atoms with E-state index in [0.29, 0.717) is 0 Å². The van der Waals surface area contributed by atoms with Gasteiger partial charge in [-0.2, -0.15) is 0 Å². The second kappa shape index (κ2) is 5.07. The maximum absolute atomic E-state index is 5.96. The summed E-state index contributed by atoms with van der Waals surface area (Å²) in [5.74, 6) is 0.914. The third-order valence-corrected chi connectivity index (χ3v) is 4.03. The second-order valence-electron chi connectivity index (χ2n) is 4.21. The van der Waals surface area contributed by atoms with Gasteiger partial charge >= 0.3 is 0 Å². The average molecular weight is 290 g/mol. The van der Waals surface area contributed by atoms with Gasteiger partial charge in [0.15, 0.2) is 0 Å². The van der Waals surface area contributed by atoms with E-state index in [-0.39, 0.29) is 0 Å². The molecule has 0 unspecified atom stereocenters. The summed E-state index contributed by atoms with van der Waals surface area (Å²) in [6.45, 7) is 0.765. The highest BCUT2D eigenvalue weighted by molar-refractivity contribution is 7.16. The fourth-order valence-electron chi connectivity index (χ4n) is 1.98. The first kappa shape index (κ1) is 12.3. The molecule has 0 atom stereocenters. The molecule has 2 N–H and O–H groups in total. The van der Waals surface area contributed by atoms with Crippen LogP contribution >= 0.6 is 22.9 Å². The summed E-state index contributed by atoms with van der Waals surface area (Å²) in [6.07, 6.45) is 3.76. The smallest absolute Gasteiger partial charge is 0.140 e. The topological polar surface area (TPSA) is 43.8 Å². The van der Waals surface area contributed by atoms with Gasteiger partial charge in [0.1, 0.15) is 5.82 Å². The summed E-state index contributed by atoms with van der Waals surface area (Å²) < 4.78 is 2.90. The molecule has 3 nitrogen and oxygen atoms in total. The lowest BCUT2D eigenvalue weighted by Gasteiger charge is -2.07. The van der Waals surface area contributed by atoms with Gasteiger partial charge in [-0.05, 0) is 24.3 Å². The maximum Gasteiger partial charge on any atom is 0.140 e. The van der Waals surface area contributed by atoms with Crippen LogP contribution in [0.25, 0.3) is 11.4 Å². The van der Waals surface area contributed by atoms with Gasteiger partial charge in [-0.3, -0.25) is 0 Å². The lowest BCUT2D eigenvalue weighted by atomic mass is 10.2. The molecule has 3 aromatic rings. The lowest BCUT2D eigenvalue weighted by molar-refractivity contribution is 0.820. The molecule has 0 bridgehead atoms. The van der Waals surface area contributed by atoms with Crippen LogP contribution in [0.4, 0.5) is 5.69 Å². The van der Waals surface area contributed by atoms with Gasteiger partial charge in [-0.25, -0.2) is 4.98 Å². The minimum absolute atomic E-state index is 0.742. The summed E-state index contributed by atoms with van der Waals surface area (Å²) >= 11 is 7.54. The fourth-order valence-corrected chi connectivity index (χ4v) is 3.07. The van der Waals surface area contributed by atoms with E-state index in [1.54, 1.807) is 17.5 Å². The first-order valence-corrected chi connectivity index (χ1v) is 7.03. The average Bonchev–Trinajstić information content (AvgIpc) is 2.99. The normalized spacial score (nSPS) is 10.8. The molecule has 96 valence electrons. The Balaban J connectivity index is 1.94. The van der Waals surface area contributed by atoms with Gasteiger partial charge in [0, 0.05) is 28.5 Å². The second-order valence-corrected chi connectivity index (χ2v) is 6.01. The molecule has 0 aliphatic heterocycles. The Morgan fingerprint density at radius 3 is 2.89 bits per heavy atom. The van der Waals surface area contributed by atoms with E-state index in [1.165, 1.54) is 4.88 Å². The standard InChI is InChI=1S/C14H12ClN3S/c15-13-5-4-12(19-13)9-18-7-6-17-14(18)10-2-1-3-11(16)8-10/h1-8H,9,16H2. The maximum atomic E-state index is 5.96. The number of benzene rings is 1. The van der Waals surface area contributed by atoms with E-state index >= 15 is 0 Å². The zero-order valence-electron chi connectivity index (χ0n) is 10.1. The summed E-state index contributed by atoms with van der Waals surface area (Å²) in [6, 6.07) is 11.7. The van der Waals surface area contributed by atoms with Gasteiger partial charge in [0.25, 0.3) is 0 Å². The number of nitrogen functional groups attached to an aromatic ring is 1. The monoisotopic (exact) mass is 289 g/mol. The number of halogens is 1. The van der Waals surface area contributed by atoms with Crippen molar-refractivity contribution in [3.63, 3.8) is 0 Å². The number of thiophene rings is 1. The Morgan fingerprint density at radius 2 is 2.16 bits per heavy atom. The molecule has 19 heavy (non-hydrogen) atoms. The molecule has 2 aromatic heterocycles. The zero-order chi connectivity index (χ0) is 13.2. The number of aromatic nitrogens is 2. The van der Waals surface area contributed by atoms with Crippen LogP contribution < -0.4 is 5.73 Å². The van der Waals surface area contributed by atoms with Crippen molar-refractivity contribution in [1.82, 2.24) is 9.55 Å². The van der Waals surface area contributed by atoms with Crippen molar-refractivity contribution in [2.75, 3.05) is 5.73 Å². The van der Waals surface area contributed by atoms with Gasteiger partial charge in [-0.1, -0.05) is 23.7 Å². The van der Waals surface area contributed by atoms with Crippen LogP contribution in [0.5, 0.6) is 0 Å². The van der Waals surface area contributed by atoms with Crippen molar-refractivity contribution in [3.8, 4) is 11.4 Å². The number of nitrogens with zero attached hydrogens (tertiary/aromatic N) is 2.